The fourth-order valence-electron chi connectivity index (χ4n) is 6.94. The van der Waals surface area contributed by atoms with E-state index in [0.29, 0.717) is 5.69 Å². The molecule has 0 aliphatic heterocycles. The van der Waals surface area contributed by atoms with Crippen LogP contribution in [0.1, 0.15) is 0 Å². The Hall–Kier alpha value is -6.85. The number of anilines is 6. The van der Waals surface area contributed by atoms with Crippen LogP contribution in [0.2, 0.25) is 0 Å². The zero-order valence-electron chi connectivity index (χ0n) is 27.6. The van der Waals surface area contributed by atoms with Gasteiger partial charge in [0.15, 0.2) is 0 Å². The molecule has 4 nitrogen and oxygen atoms in total. The van der Waals surface area contributed by atoms with E-state index < -0.39 is 0 Å². The number of rotatable bonds is 7. The maximum absolute atomic E-state index is 13.9. The van der Waals surface area contributed by atoms with Crippen LogP contribution in [0.3, 0.4) is 0 Å². The maximum Gasteiger partial charge on any atom is 0.123 e. The molecule has 0 N–H and O–H groups in total. The number of benzene rings is 8. The summed E-state index contributed by atoms with van der Waals surface area (Å²) in [7, 11) is 0. The van der Waals surface area contributed by atoms with Crippen LogP contribution in [-0.2, 0) is 0 Å². The summed E-state index contributed by atoms with van der Waals surface area (Å²) in [5, 5.41) is 4.15. The second-order valence-electron chi connectivity index (χ2n) is 12.4. The van der Waals surface area contributed by atoms with Crippen molar-refractivity contribution in [3.05, 3.63) is 194 Å². The first-order valence-electron chi connectivity index (χ1n) is 16.9. The van der Waals surface area contributed by atoms with Gasteiger partial charge in [-0.15, -0.1) is 0 Å². The van der Waals surface area contributed by atoms with Crippen molar-refractivity contribution in [3.8, 4) is 11.3 Å². The minimum Gasteiger partial charge on any atom is -0.310 e. The van der Waals surface area contributed by atoms with E-state index in [2.05, 4.69) is 143 Å². The lowest BCUT2D eigenvalue weighted by molar-refractivity contribution is 0.628. The van der Waals surface area contributed by atoms with Crippen LogP contribution < -0.4 is 9.80 Å². The molecule has 0 aliphatic rings. The van der Waals surface area contributed by atoms with E-state index in [1.54, 1.807) is 18.3 Å². The first kappa shape index (κ1) is 30.2. The van der Waals surface area contributed by atoms with Gasteiger partial charge in [0.05, 0.1) is 22.9 Å². The van der Waals surface area contributed by atoms with Crippen molar-refractivity contribution < 1.29 is 4.39 Å². The fraction of sp³-hybridized carbons (Fsp3) is 0. The summed E-state index contributed by atoms with van der Waals surface area (Å²) in [5.41, 5.74) is 9.32. The zero-order valence-corrected chi connectivity index (χ0v) is 27.6. The molecule has 1 aromatic heterocycles. The summed E-state index contributed by atoms with van der Waals surface area (Å²) < 4.78 is 13.9. The quantitative estimate of drug-likeness (QED) is 0.160. The summed E-state index contributed by atoms with van der Waals surface area (Å²) in [6.07, 6.45) is 1.80. The molecule has 9 rings (SSSR count). The topological polar surface area (TPSA) is 32.3 Å². The molecule has 0 amide bonds. The van der Waals surface area contributed by atoms with Gasteiger partial charge in [-0.25, -0.2) is 9.37 Å². The van der Waals surface area contributed by atoms with Gasteiger partial charge in [0, 0.05) is 50.5 Å². The predicted molar refractivity (Wildman–Crippen MR) is 209 cm³/mol. The number of hydrogen-bond donors (Lipinski definition) is 0. The van der Waals surface area contributed by atoms with Crippen molar-refractivity contribution in [2.75, 3.05) is 9.80 Å². The Labute approximate surface area is 295 Å². The number of aromatic nitrogens is 2. The van der Waals surface area contributed by atoms with Gasteiger partial charge < -0.3 is 9.80 Å². The maximum atomic E-state index is 13.9. The van der Waals surface area contributed by atoms with Gasteiger partial charge in [-0.3, -0.25) is 4.98 Å². The molecule has 5 heteroatoms. The molecule has 0 saturated heterocycles. The molecule has 0 bridgehead atoms. The van der Waals surface area contributed by atoms with Crippen LogP contribution in [0, 0.1) is 5.82 Å². The highest BCUT2D eigenvalue weighted by atomic mass is 19.1. The van der Waals surface area contributed by atoms with E-state index in [-0.39, 0.29) is 5.82 Å². The fourth-order valence-corrected chi connectivity index (χ4v) is 6.94. The Morgan fingerprint density at radius 3 is 1.22 bits per heavy atom. The van der Waals surface area contributed by atoms with Crippen LogP contribution in [0.15, 0.2) is 188 Å². The van der Waals surface area contributed by atoms with Gasteiger partial charge >= 0.3 is 0 Å². The lowest BCUT2D eigenvalue weighted by Crippen LogP contribution is -2.10. The molecule has 0 atom stereocenters. The van der Waals surface area contributed by atoms with Crippen LogP contribution in [-0.4, -0.2) is 9.97 Å². The van der Waals surface area contributed by atoms with Gasteiger partial charge in [-0.05, 0) is 108 Å². The standard InChI is InChI=1S/C46H31FN4/c47-33-23-21-32(22-24-33)44-31-48-45-42-29-38(50(34-13-5-1-6-14-34)35-15-7-2-8-16-35)25-27-40(42)41-28-26-39(30-43(41)46(45)49-44)51(36-17-9-3-10-18-36)37-19-11-4-12-20-37/h1-31H. The lowest BCUT2D eigenvalue weighted by Gasteiger charge is -2.27. The van der Waals surface area contributed by atoms with E-state index in [1.807, 2.05) is 24.3 Å². The van der Waals surface area contributed by atoms with Crippen molar-refractivity contribution in [2.24, 2.45) is 0 Å². The average molecular weight is 659 g/mol. The molecule has 9 aromatic rings. The number of hydrogen-bond acceptors (Lipinski definition) is 4. The van der Waals surface area contributed by atoms with Crippen molar-refractivity contribution in [2.45, 2.75) is 0 Å². The highest BCUT2D eigenvalue weighted by molar-refractivity contribution is 6.24. The Bertz CT molecular complexity index is 2550. The summed E-state index contributed by atoms with van der Waals surface area (Å²) in [4.78, 5) is 14.9. The molecule has 0 fully saturated rings. The Kier molecular flexibility index (Phi) is 7.63. The third-order valence-corrected chi connectivity index (χ3v) is 9.29. The second-order valence-corrected chi connectivity index (χ2v) is 12.4. The van der Waals surface area contributed by atoms with Crippen molar-refractivity contribution in [3.63, 3.8) is 0 Å². The summed E-state index contributed by atoms with van der Waals surface area (Å²) in [6.45, 7) is 0. The summed E-state index contributed by atoms with van der Waals surface area (Å²) in [5.74, 6) is -0.288. The number of halogens is 1. The van der Waals surface area contributed by atoms with Gasteiger partial charge in [-0.1, -0.05) is 84.9 Å². The van der Waals surface area contributed by atoms with Gasteiger partial charge in [0.25, 0.3) is 0 Å². The van der Waals surface area contributed by atoms with Crippen molar-refractivity contribution >= 4 is 66.7 Å². The third-order valence-electron chi connectivity index (χ3n) is 9.29. The Balaban J connectivity index is 1.31. The molecule has 8 aromatic carbocycles. The molecule has 0 saturated carbocycles. The molecule has 0 radical (unpaired) electrons. The normalized spacial score (nSPS) is 11.2. The van der Waals surface area contributed by atoms with E-state index in [1.165, 1.54) is 12.1 Å². The van der Waals surface area contributed by atoms with Crippen LogP contribution in [0.5, 0.6) is 0 Å². The molecule has 0 unspecified atom stereocenters. The molecule has 1 heterocycles. The highest BCUT2D eigenvalue weighted by Crippen LogP contribution is 2.43. The number of nitrogens with zero attached hydrogens (tertiary/aromatic N) is 4. The molecular weight excluding hydrogens is 628 g/mol. The molecule has 0 aliphatic carbocycles. The van der Waals surface area contributed by atoms with E-state index >= 15 is 0 Å². The van der Waals surface area contributed by atoms with Gasteiger partial charge in [0.1, 0.15) is 5.82 Å². The van der Waals surface area contributed by atoms with Gasteiger partial charge in [0.2, 0.25) is 0 Å². The van der Waals surface area contributed by atoms with Crippen LogP contribution in [0.4, 0.5) is 38.5 Å². The number of para-hydroxylation sites is 4. The predicted octanol–water partition coefficient (Wildman–Crippen LogP) is 12.7. The van der Waals surface area contributed by atoms with E-state index in [9.17, 15) is 4.39 Å². The van der Waals surface area contributed by atoms with Crippen molar-refractivity contribution in [1.82, 2.24) is 9.97 Å². The smallest absolute Gasteiger partial charge is 0.123 e. The van der Waals surface area contributed by atoms with E-state index in [0.717, 1.165) is 72.3 Å². The Morgan fingerprint density at radius 1 is 0.373 bits per heavy atom. The minimum absolute atomic E-state index is 0.288. The molecule has 51 heavy (non-hydrogen) atoms. The summed E-state index contributed by atoms with van der Waals surface area (Å²) >= 11 is 0. The Morgan fingerprint density at radius 2 is 0.784 bits per heavy atom. The number of fused-ring (bicyclic) bond motifs is 6. The molecule has 242 valence electrons. The van der Waals surface area contributed by atoms with Crippen molar-refractivity contribution in [1.29, 1.82) is 0 Å². The molecular formula is C46H31FN4. The monoisotopic (exact) mass is 658 g/mol. The highest BCUT2D eigenvalue weighted by Gasteiger charge is 2.19. The first-order chi connectivity index (χ1) is 25.2. The van der Waals surface area contributed by atoms with Crippen LogP contribution in [0.25, 0.3) is 43.8 Å². The largest absolute Gasteiger partial charge is 0.310 e. The SMILES string of the molecule is Fc1ccc(-c2cnc3c4cc(N(c5ccccc5)c5ccccc5)ccc4c4ccc(N(c5ccccc5)c5ccccc5)cc4c3n2)cc1. The molecule has 0 spiro atoms. The zero-order chi connectivity index (χ0) is 34.1. The first-order valence-corrected chi connectivity index (χ1v) is 16.9. The van der Waals surface area contributed by atoms with Gasteiger partial charge in [-0.2, -0.15) is 0 Å². The summed E-state index contributed by atoms with van der Waals surface area (Å²) in [6, 6.07) is 61.2. The minimum atomic E-state index is -0.288. The van der Waals surface area contributed by atoms with Crippen LogP contribution >= 0.6 is 0 Å². The lowest BCUT2D eigenvalue weighted by atomic mass is 9.97. The van der Waals surface area contributed by atoms with E-state index in [4.69, 9.17) is 9.97 Å². The second kappa shape index (κ2) is 12.9. The third kappa shape index (κ3) is 5.61. The average Bonchev–Trinajstić information content (AvgIpc) is 3.20.